The third-order valence-corrected chi connectivity index (χ3v) is 5.60. The van der Waals surface area contributed by atoms with Gasteiger partial charge in [-0.3, -0.25) is 9.69 Å². The number of nitrogens with one attached hydrogen (secondary N) is 1. The summed E-state index contributed by atoms with van der Waals surface area (Å²) in [5.41, 5.74) is 4.52. The standard InChI is InChI=1S/C21H28N4O/c1-3-25(4-2)17-9-5-15(6-10-17)13-24-12-11-19-18(14-24)21(26)23-20(22-19)16-7-8-16/h5-6,9-10,16H,3-4,7-8,11-14H2,1-2H3,(H,22,23,26). The highest BCUT2D eigenvalue weighted by Crippen LogP contribution is 2.37. The van der Waals surface area contributed by atoms with Crippen LogP contribution in [0.25, 0.3) is 0 Å². The van der Waals surface area contributed by atoms with Crippen molar-refractivity contribution in [3.05, 3.63) is 57.3 Å². The molecule has 1 saturated carbocycles. The van der Waals surface area contributed by atoms with E-state index >= 15 is 0 Å². The van der Waals surface area contributed by atoms with Gasteiger partial charge in [-0.2, -0.15) is 0 Å². The van der Waals surface area contributed by atoms with Crippen molar-refractivity contribution in [2.24, 2.45) is 0 Å². The van der Waals surface area contributed by atoms with Crippen LogP contribution in [0.4, 0.5) is 5.69 Å². The maximum Gasteiger partial charge on any atom is 0.255 e. The second-order valence-corrected chi connectivity index (χ2v) is 7.45. The monoisotopic (exact) mass is 352 g/mol. The van der Waals surface area contributed by atoms with Crippen molar-refractivity contribution in [2.75, 3.05) is 24.5 Å². The van der Waals surface area contributed by atoms with Crippen molar-refractivity contribution in [3.8, 4) is 0 Å². The Balaban J connectivity index is 1.45. The molecular formula is C21H28N4O. The number of fused-ring (bicyclic) bond motifs is 1. The lowest BCUT2D eigenvalue weighted by molar-refractivity contribution is 0.241. The molecule has 2 aromatic rings. The summed E-state index contributed by atoms with van der Waals surface area (Å²) in [4.78, 5) is 24.9. The van der Waals surface area contributed by atoms with E-state index in [0.29, 0.717) is 12.5 Å². The first-order valence-electron chi connectivity index (χ1n) is 9.86. The van der Waals surface area contributed by atoms with Crippen LogP contribution in [-0.2, 0) is 19.5 Å². The van der Waals surface area contributed by atoms with E-state index < -0.39 is 0 Å². The molecule has 2 heterocycles. The molecule has 4 rings (SSSR count). The number of anilines is 1. The molecular weight excluding hydrogens is 324 g/mol. The Labute approximate surface area is 155 Å². The van der Waals surface area contributed by atoms with E-state index in [0.717, 1.165) is 62.5 Å². The summed E-state index contributed by atoms with van der Waals surface area (Å²) in [7, 11) is 0. The van der Waals surface area contributed by atoms with E-state index in [4.69, 9.17) is 4.98 Å². The van der Waals surface area contributed by atoms with E-state index in [9.17, 15) is 4.79 Å². The molecule has 5 nitrogen and oxygen atoms in total. The lowest BCUT2D eigenvalue weighted by atomic mass is 10.1. The van der Waals surface area contributed by atoms with Crippen molar-refractivity contribution in [1.29, 1.82) is 0 Å². The maximum atomic E-state index is 12.5. The summed E-state index contributed by atoms with van der Waals surface area (Å²) in [6, 6.07) is 8.83. The molecule has 1 fully saturated rings. The van der Waals surface area contributed by atoms with Gasteiger partial charge in [-0.15, -0.1) is 0 Å². The second kappa shape index (κ2) is 7.23. The van der Waals surface area contributed by atoms with Gasteiger partial charge in [0.2, 0.25) is 0 Å². The van der Waals surface area contributed by atoms with Crippen LogP contribution in [0.15, 0.2) is 29.1 Å². The summed E-state index contributed by atoms with van der Waals surface area (Å²) >= 11 is 0. The summed E-state index contributed by atoms with van der Waals surface area (Å²) in [5, 5.41) is 0. The minimum absolute atomic E-state index is 0.0680. The van der Waals surface area contributed by atoms with E-state index in [1.54, 1.807) is 0 Å². The third kappa shape index (κ3) is 3.54. The van der Waals surface area contributed by atoms with Crippen LogP contribution in [0, 0.1) is 0 Å². The van der Waals surface area contributed by atoms with Gasteiger partial charge in [0.25, 0.3) is 5.56 Å². The number of aromatic amines is 1. The van der Waals surface area contributed by atoms with Gasteiger partial charge in [-0.25, -0.2) is 4.98 Å². The molecule has 1 aliphatic heterocycles. The molecule has 1 aromatic heterocycles. The van der Waals surface area contributed by atoms with Gasteiger partial charge in [0, 0.05) is 50.7 Å². The molecule has 26 heavy (non-hydrogen) atoms. The van der Waals surface area contributed by atoms with Crippen LogP contribution >= 0.6 is 0 Å². The minimum atomic E-state index is 0.0680. The van der Waals surface area contributed by atoms with Gasteiger partial charge < -0.3 is 9.88 Å². The van der Waals surface area contributed by atoms with Gasteiger partial charge in [0.05, 0.1) is 11.3 Å². The van der Waals surface area contributed by atoms with Crippen LogP contribution in [0.5, 0.6) is 0 Å². The first-order valence-corrected chi connectivity index (χ1v) is 9.86. The fourth-order valence-corrected chi connectivity index (χ4v) is 3.84. The zero-order valence-corrected chi connectivity index (χ0v) is 15.8. The molecule has 0 saturated heterocycles. The normalized spacial score (nSPS) is 17.2. The Morgan fingerprint density at radius 3 is 2.58 bits per heavy atom. The van der Waals surface area contributed by atoms with Crippen LogP contribution in [-0.4, -0.2) is 34.5 Å². The number of nitrogens with zero attached hydrogens (tertiary/aromatic N) is 3. The zero-order chi connectivity index (χ0) is 18.1. The fraction of sp³-hybridized carbons (Fsp3) is 0.524. The molecule has 1 N–H and O–H groups in total. The Hall–Kier alpha value is -2.14. The van der Waals surface area contributed by atoms with Gasteiger partial charge in [0.15, 0.2) is 0 Å². The molecule has 5 heteroatoms. The van der Waals surface area contributed by atoms with E-state index in [-0.39, 0.29) is 5.56 Å². The summed E-state index contributed by atoms with van der Waals surface area (Å²) in [6.07, 6.45) is 3.20. The first kappa shape index (κ1) is 17.3. The number of H-pyrrole nitrogens is 1. The highest BCUT2D eigenvalue weighted by Gasteiger charge is 2.29. The maximum absolute atomic E-state index is 12.5. The Morgan fingerprint density at radius 1 is 1.19 bits per heavy atom. The number of benzene rings is 1. The molecule has 138 valence electrons. The number of hydrogen-bond acceptors (Lipinski definition) is 4. The van der Waals surface area contributed by atoms with Crippen LogP contribution in [0.3, 0.4) is 0 Å². The minimum Gasteiger partial charge on any atom is -0.372 e. The topological polar surface area (TPSA) is 52.2 Å². The van der Waals surface area contributed by atoms with Crippen molar-refractivity contribution in [3.63, 3.8) is 0 Å². The van der Waals surface area contributed by atoms with Crippen LogP contribution in [0.2, 0.25) is 0 Å². The highest BCUT2D eigenvalue weighted by atomic mass is 16.1. The molecule has 1 aliphatic carbocycles. The molecule has 2 aliphatic rings. The molecule has 0 atom stereocenters. The number of hydrogen-bond donors (Lipinski definition) is 1. The average Bonchev–Trinajstić information content (AvgIpc) is 3.50. The second-order valence-electron chi connectivity index (χ2n) is 7.45. The van der Waals surface area contributed by atoms with Crippen LogP contribution in [0.1, 0.15) is 55.3 Å². The van der Waals surface area contributed by atoms with Crippen molar-refractivity contribution < 1.29 is 0 Å². The zero-order valence-electron chi connectivity index (χ0n) is 15.8. The van der Waals surface area contributed by atoms with Gasteiger partial charge in [0.1, 0.15) is 5.82 Å². The summed E-state index contributed by atoms with van der Waals surface area (Å²) in [6.45, 7) is 8.95. The molecule has 1 aromatic carbocycles. The van der Waals surface area contributed by atoms with Gasteiger partial charge >= 0.3 is 0 Å². The number of aromatic nitrogens is 2. The van der Waals surface area contributed by atoms with Crippen molar-refractivity contribution >= 4 is 5.69 Å². The van der Waals surface area contributed by atoms with Gasteiger partial charge in [-0.05, 0) is 44.4 Å². The molecule has 0 radical (unpaired) electrons. The lowest BCUT2D eigenvalue weighted by Crippen LogP contribution is -2.35. The van der Waals surface area contributed by atoms with E-state index in [2.05, 4.69) is 52.9 Å². The fourth-order valence-electron chi connectivity index (χ4n) is 3.84. The van der Waals surface area contributed by atoms with Crippen molar-refractivity contribution in [1.82, 2.24) is 14.9 Å². The first-order chi connectivity index (χ1) is 12.7. The SMILES string of the molecule is CCN(CC)c1ccc(CN2CCc3nc(C4CC4)[nH]c(=O)c3C2)cc1. The smallest absolute Gasteiger partial charge is 0.255 e. The van der Waals surface area contributed by atoms with Crippen LogP contribution < -0.4 is 10.5 Å². The Morgan fingerprint density at radius 2 is 1.92 bits per heavy atom. The Bertz CT molecular complexity index is 819. The highest BCUT2D eigenvalue weighted by molar-refractivity contribution is 5.47. The number of rotatable bonds is 6. The molecule has 0 spiro atoms. The van der Waals surface area contributed by atoms with Gasteiger partial charge in [-0.1, -0.05) is 12.1 Å². The predicted molar refractivity (Wildman–Crippen MR) is 105 cm³/mol. The Kier molecular flexibility index (Phi) is 4.81. The molecule has 0 unspecified atom stereocenters. The lowest BCUT2D eigenvalue weighted by Gasteiger charge is -2.28. The third-order valence-electron chi connectivity index (χ3n) is 5.60. The van der Waals surface area contributed by atoms with E-state index in [1.165, 1.54) is 11.3 Å². The van der Waals surface area contributed by atoms with E-state index in [1.807, 2.05) is 0 Å². The largest absolute Gasteiger partial charge is 0.372 e. The quantitative estimate of drug-likeness (QED) is 0.868. The molecule has 0 amide bonds. The summed E-state index contributed by atoms with van der Waals surface area (Å²) < 4.78 is 0. The average molecular weight is 352 g/mol. The van der Waals surface area contributed by atoms with Crippen molar-refractivity contribution in [2.45, 2.75) is 52.1 Å². The summed E-state index contributed by atoms with van der Waals surface area (Å²) in [5.74, 6) is 1.41. The molecule has 0 bridgehead atoms. The predicted octanol–water partition coefficient (Wildman–Crippen LogP) is 3.05.